The highest BCUT2D eigenvalue weighted by atomic mass is 32.1. The monoisotopic (exact) mass is 400 g/mol. The molecule has 0 radical (unpaired) electrons. The zero-order chi connectivity index (χ0) is 20.1. The summed E-state index contributed by atoms with van der Waals surface area (Å²) in [5.74, 6) is 2.11. The van der Waals surface area contributed by atoms with Gasteiger partial charge in [-0.2, -0.15) is 4.68 Å². The summed E-state index contributed by atoms with van der Waals surface area (Å²) < 4.78 is 18.2. The van der Waals surface area contributed by atoms with E-state index in [0.29, 0.717) is 23.8 Å². The Morgan fingerprint density at radius 3 is 2.46 bits per heavy atom. The van der Waals surface area contributed by atoms with Crippen LogP contribution >= 0.6 is 12.2 Å². The molecule has 28 heavy (non-hydrogen) atoms. The number of benzene rings is 2. The van der Waals surface area contributed by atoms with Crippen molar-refractivity contribution in [3.8, 4) is 11.5 Å². The first-order chi connectivity index (χ1) is 13.5. The van der Waals surface area contributed by atoms with Gasteiger partial charge in [-0.15, -0.1) is 5.10 Å². The Kier molecular flexibility index (Phi) is 6.49. The van der Waals surface area contributed by atoms with Crippen LogP contribution in [-0.4, -0.2) is 31.0 Å². The largest absolute Gasteiger partial charge is 0.493 e. The molecule has 0 saturated carbocycles. The molecule has 1 N–H and O–H groups in total. The molecule has 0 aliphatic rings. The Balaban J connectivity index is 1.70. The smallest absolute Gasteiger partial charge is 0.291 e. The average molecular weight is 401 g/mol. The van der Waals surface area contributed by atoms with E-state index < -0.39 is 0 Å². The van der Waals surface area contributed by atoms with Crippen molar-refractivity contribution in [1.82, 2.24) is 9.78 Å². The topological polar surface area (TPSA) is 53.9 Å². The normalized spacial score (nSPS) is 12.0. The highest BCUT2D eigenvalue weighted by Crippen LogP contribution is 2.29. The van der Waals surface area contributed by atoms with Gasteiger partial charge in [0.15, 0.2) is 18.2 Å². The molecule has 1 unspecified atom stereocenters. The van der Waals surface area contributed by atoms with Gasteiger partial charge in [0, 0.05) is 5.56 Å². The third-order valence-corrected chi connectivity index (χ3v) is 4.89. The molecule has 0 aliphatic heterocycles. The maximum atomic E-state index is 5.68. The lowest BCUT2D eigenvalue weighted by Gasteiger charge is -2.17. The Morgan fingerprint density at radius 2 is 1.79 bits per heavy atom. The molecular formula is C21H26N3O3S+. The minimum absolute atomic E-state index is 0.398. The number of aromatic nitrogens is 2. The molecule has 0 amide bonds. The van der Waals surface area contributed by atoms with Gasteiger partial charge in [0.2, 0.25) is 5.89 Å². The van der Waals surface area contributed by atoms with Gasteiger partial charge in [-0.3, -0.25) is 0 Å². The summed E-state index contributed by atoms with van der Waals surface area (Å²) in [6, 6.07) is 14.1. The molecule has 1 atom stereocenters. The van der Waals surface area contributed by atoms with Gasteiger partial charge in [0.1, 0.15) is 6.54 Å². The number of ether oxygens (including phenoxy) is 2. The zero-order valence-corrected chi connectivity index (χ0v) is 17.5. The second-order valence-electron chi connectivity index (χ2n) is 6.85. The van der Waals surface area contributed by atoms with E-state index in [1.165, 1.54) is 10.5 Å². The predicted molar refractivity (Wildman–Crippen MR) is 109 cm³/mol. The number of aryl methyl sites for hydroxylation is 1. The molecule has 6 nitrogen and oxygen atoms in total. The Labute approximate surface area is 170 Å². The van der Waals surface area contributed by atoms with Gasteiger partial charge in [-0.25, -0.2) is 0 Å². The third-order valence-electron chi connectivity index (χ3n) is 4.60. The fourth-order valence-corrected chi connectivity index (χ4v) is 3.34. The minimum Gasteiger partial charge on any atom is -0.493 e. The van der Waals surface area contributed by atoms with Crippen molar-refractivity contribution in [3.05, 3.63) is 69.9 Å². The first-order valence-electron chi connectivity index (χ1n) is 9.13. The van der Waals surface area contributed by atoms with Gasteiger partial charge in [-0.05, 0) is 42.4 Å². The summed E-state index contributed by atoms with van der Waals surface area (Å²) in [5.41, 5.74) is 3.49. The molecule has 3 aromatic rings. The quantitative estimate of drug-likeness (QED) is 0.590. The molecule has 0 saturated heterocycles. The summed E-state index contributed by atoms with van der Waals surface area (Å²) in [4.78, 5) is 1.63. The zero-order valence-electron chi connectivity index (χ0n) is 16.7. The van der Waals surface area contributed by atoms with Crippen molar-refractivity contribution in [2.75, 3.05) is 21.3 Å². The Bertz CT molecular complexity index is 982. The number of nitrogens with zero attached hydrogens (tertiary/aromatic N) is 2. The van der Waals surface area contributed by atoms with Crippen molar-refractivity contribution in [3.63, 3.8) is 0 Å². The van der Waals surface area contributed by atoms with Gasteiger partial charge < -0.3 is 18.8 Å². The molecule has 1 aromatic heterocycles. The molecule has 0 aliphatic carbocycles. The van der Waals surface area contributed by atoms with Crippen LogP contribution < -0.4 is 14.4 Å². The second-order valence-corrected chi connectivity index (χ2v) is 7.20. The summed E-state index contributed by atoms with van der Waals surface area (Å²) in [7, 11) is 5.40. The van der Waals surface area contributed by atoms with Crippen molar-refractivity contribution in [2.24, 2.45) is 0 Å². The Morgan fingerprint density at radius 1 is 1.11 bits per heavy atom. The van der Waals surface area contributed by atoms with Gasteiger partial charge >= 0.3 is 0 Å². The summed E-state index contributed by atoms with van der Waals surface area (Å²) in [6.07, 6.45) is 0.630. The first kappa shape index (κ1) is 20.1. The summed E-state index contributed by atoms with van der Waals surface area (Å²) >= 11 is 5.35. The molecule has 7 heteroatoms. The number of quaternary nitrogens is 1. The highest BCUT2D eigenvalue weighted by Gasteiger charge is 2.15. The fourth-order valence-electron chi connectivity index (χ4n) is 3.14. The number of methoxy groups -OCH3 is 2. The van der Waals surface area contributed by atoms with Gasteiger partial charge in [0.05, 0.1) is 27.7 Å². The van der Waals surface area contributed by atoms with Gasteiger partial charge in [-0.1, -0.05) is 30.3 Å². The van der Waals surface area contributed by atoms with E-state index in [2.05, 4.69) is 31.2 Å². The Hall–Kier alpha value is -2.64. The number of rotatable bonds is 8. The van der Waals surface area contributed by atoms with E-state index in [9.17, 15) is 0 Å². The van der Waals surface area contributed by atoms with E-state index in [0.717, 1.165) is 29.2 Å². The van der Waals surface area contributed by atoms with Crippen LogP contribution in [0.15, 0.2) is 46.9 Å². The van der Waals surface area contributed by atoms with Crippen LogP contribution in [0.5, 0.6) is 11.5 Å². The lowest BCUT2D eigenvalue weighted by atomic mass is 10.1. The first-order valence-corrected chi connectivity index (χ1v) is 9.54. The third kappa shape index (κ3) is 4.79. The molecular weight excluding hydrogens is 374 g/mol. The van der Waals surface area contributed by atoms with Crippen LogP contribution in [0.25, 0.3) is 0 Å². The van der Waals surface area contributed by atoms with Crippen LogP contribution in [0.2, 0.25) is 0 Å². The molecule has 3 rings (SSSR count). The van der Waals surface area contributed by atoms with Crippen LogP contribution in [0.1, 0.15) is 22.6 Å². The van der Waals surface area contributed by atoms with Crippen LogP contribution in [0.4, 0.5) is 0 Å². The van der Waals surface area contributed by atoms with E-state index in [4.69, 9.17) is 26.1 Å². The number of nitrogens with one attached hydrogen (secondary N) is 1. The van der Waals surface area contributed by atoms with Crippen molar-refractivity contribution in [1.29, 1.82) is 0 Å². The summed E-state index contributed by atoms with van der Waals surface area (Å²) in [5, 5.41) is 4.55. The van der Waals surface area contributed by atoms with Gasteiger partial charge in [0.25, 0.3) is 4.84 Å². The van der Waals surface area contributed by atoms with Crippen molar-refractivity contribution < 1.29 is 18.8 Å². The molecule has 0 bridgehead atoms. The van der Waals surface area contributed by atoms with Crippen LogP contribution in [-0.2, 0) is 19.6 Å². The van der Waals surface area contributed by atoms with E-state index in [1.807, 2.05) is 30.3 Å². The maximum absolute atomic E-state index is 5.68. The molecule has 0 spiro atoms. The lowest BCUT2D eigenvalue weighted by Crippen LogP contribution is -3.07. The maximum Gasteiger partial charge on any atom is 0.291 e. The van der Waals surface area contributed by atoms with Crippen molar-refractivity contribution >= 4 is 12.2 Å². The van der Waals surface area contributed by atoms with Crippen molar-refractivity contribution in [2.45, 2.75) is 26.6 Å². The summed E-state index contributed by atoms with van der Waals surface area (Å²) in [6.45, 7) is 3.49. The van der Waals surface area contributed by atoms with Crippen LogP contribution in [0, 0.1) is 11.8 Å². The molecule has 148 valence electrons. The second kappa shape index (κ2) is 9.03. The predicted octanol–water partition coefficient (Wildman–Crippen LogP) is 2.79. The van der Waals surface area contributed by atoms with E-state index >= 15 is 0 Å². The lowest BCUT2D eigenvalue weighted by molar-refractivity contribution is -0.917. The highest BCUT2D eigenvalue weighted by molar-refractivity contribution is 7.71. The molecule has 2 aromatic carbocycles. The minimum atomic E-state index is 0.398. The molecule has 1 heterocycles. The SMILES string of the molecule is COc1cc(C)c(C[NH+](C)Cn2nc(Cc3ccccc3)oc2=S)cc1OC. The standard InChI is InChI=1S/C21H25N3O3S/c1-15-10-18(25-3)19(26-4)12-17(15)13-23(2)14-24-21(28)27-20(22-24)11-16-8-6-5-7-9-16/h5-10,12H,11,13-14H2,1-4H3/p+1. The van der Waals surface area contributed by atoms with E-state index in [1.54, 1.807) is 18.9 Å². The van der Waals surface area contributed by atoms with E-state index in [-0.39, 0.29) is 0 Å². The molecule has 0 fully saturated rings. The van der Waals surface area contributed by atoms with Crippen LogP contribution in [0.3, 0.4) is 0 Å². The number of hydrogen-bond acceptors (Lipinski definition) is 5. The fraction of sp³-hybridized carbons (Fsp3) is 0.333. The average Bonchev–Trinajstić information content (AvgIpc) is 3.02. The number of hydrogen-bond donors (Lipinski definition) is 1.